The number of allylic oxidation sites excluding steroid dienone is 1. The minimum absolute atomic E-state index is 0.140. The van der Waals surface area contributed by atoms with E-state index < -0.39 is 37.3 Å². The van der Waals surface area contributed by atoms with Crippen LogP contribution in [0.1, 0.15) is 113 Å². The van der Waals surface area contributed by atoms with Gasteiger partial charge in [0, 0.05) is 5.92 Å². The van der Waals surface area contributed by atoms with Gasteiger partial charge >= 0.3 is 0 Å². The molecule has 0 aromatic carbocycles. The van der Waals surface area contributed by atoms with Gasteiger partial charge in [0.15, 0.2) is 6.29 Å². The van der Waals surface area contributed by atoms with E-state index in [1.807, 2.05) is 0 Å². The van der Waals surface area contributed by atoms with Gasteiger partial charge < -0.3 is 29.9 Å². The summed E-state index contributed by atoms with van der Waals surface area (Å²) in [6, 6.07) is 0. The van der Waals surface area contributed by atoms with Crippen molar-refractivity contribution in [2.24, 2.45) is 51.8 Å². The highest BCUT2D eigenvalue weighted by Gasteiger charge is 2.65. The van der Waals surface area contributed by atoms with Gasteiger partial charge in [-0.2, -0.15) is 0 Å². The fourth-order valence-corrected chi connectivity index (χ4v) is 11.0. The van der Waals surface area contributed by atoms with Gasteiger partial charge in [-0.25, -0.2) is 0 Å². The predicted molar refractivity (Wildman–Crippen MR) is 161 cm³/mol. The lowest BCUT2D eigenvalue weighted by molar-refractivity contribution is -0.316. The molecule has 5 aliphatic rings. The van der Waals surface area contributed by atoms with E-state index in [9.17, 15) is 20.4 Å². The van der Waals surface area contributed by atoms with Gasteiger partial charge in [-0.15, -0.1) is 0 Å². The van der Waals surface area contributed by atoms with E-state index in [1.165, 1.54) is 50.5 Å². The van der Waals surface area contributed by atoms with E-state index in [0.717, 1.165) is 42.9 Å². The van der Waals surface area contributed by atoms with Crippen molar-refractivity contribution in [3.8, 4) is 0 Å². The molecule has 3 saturated carbocycles. The largest absolute Gasteiger partial charge is 0.394 e. The summed E-state index contributed by atoms with van der Waals surface area (Å²) in [6.45, 7) is 16.9. The van der Waals surface area contributed by atoms with Crippen LogP contribution in [0.5, 0.6) is 0 Å². The van der Waals surface area contributed by atoms with Crippen LogP contribution in [0.2, 0.25) is 0 Å². The van der Waals surface area contributed by atoms with Crippen molar-refractivity contribution in [1.29, 1.82) is 0 Å². The average Bonchev–Trinajstić information content (AvgIpc) is 3.21. The Kier molecular flexibility index (Phi) is 9.17. The third kappa shape index (κ3) is 5.19. The molecule has 6 nitrogen and oxygen atoms in total. The van der Waals surface area contributed by atoms with Crippen LogP contribution in [0.15, 0.2) is 11.6 Å². The Hall–Kier alpha value is -0.500. The lowest BCUT2D eigenvalue weighted by Gasteiger charge is -2.63. The number of hydrogen-bond acceptors (Lipinski definition) is 6. The Bertz CT molecular complexity index is 949. The Morgan fingerprint density at radius 2 is 1.61 bits per heavy atom. The van der Waals surface area contributed by atoms with Crippen LogP contribution in [-0.2, 0) is 9.47 Å². The van der Waals surface area contributed by atoms with Gasteiger partial charge in [0.25, 0.3) is 0 Å². The molecule has 0 spiro atoms. The number of aliphatic hydroxyl groups is 4. The molecule has 1 saturated heterocycles. The van der Waals surface area contributed by atoms with Crippen molar-refractivity contribution >= 4 is 0 Å². The van der Waals surface area contributed by atoms with Gasteiger partial charge in [-0.05, 0) is 90.8 Å². The molecule has 1 aliphatic heterocycles. The first-order valence-corrected chi connectivity index (χ1v) is 16.9. The van der Waals surface area contributed by atoms with E-state index >= 15 is 0 Å². The van der Waals surface area contributed by atoms with Gasteiger partial charge in [0.1, 0.15) is 24.4 Å². The van der Waals surface area contributed by atoms with E-state index in [4.69, 9.17) is 9.47 Å². The highest BCUT2D eigenvalue weighted by molar-refractivity contribution is 5.29. The quantitative estimate of drug-likeness (QED) is 0.271. The van der Waals surface area contributed by atoms with E-state index in [2.05, 4.69) is 54.5 Å². The molecule has 14 atom stereocenters. The van der Waals surface area contributed by atoms with Gasteiger partial charge in [0.05, 0.1) is 12.7 Å². The fourth-order valence-electron chi connectivity index (χ4n) is 11.0. The lowest BCUT2D eigenvalue weighted by Crippen LogP contribution is -2.60. The summed E-state index contributed by atoms with van der Waals surface area (Å²) in [5.74, 6) is 4.02. The van der Waals surface area contributed by atoms with Crippen LogP contribution in [0, 0.1) is 51.8 Å². The Morgan fingerprint density at radius 1 is 0.902 bits per heavy atom. The molecule has 6 heteroatoms. The fraction of sp³-hybridized carbons (Fsp3) is 0.943. The summed E-state index contributed by atoms with van der Waals surface area (Å²) in [5, 5.41) is 40.7. The molecule has 0 bridgehead atoms. The van der Waals surface area contributed by atoms with Crippen LogP contribution >= 0.6 is 0 Å². The summed E-state index contributed by atoms with van der Waals surface area (Å²) in [5.41, 5.74) is 2.46. The van der Waals surface area contributed by atoms with Crippen molar-refractivity contribution < 1.29 is 29.9 Å². The molecule has 0 aromatic heterocycles. The van der Waals surface area contributed by atoms with Crippen LogP contribution in [0.25, 0.3) is 0 Å². The number of rotatable bonds is 8. The van der Waals surface area contributed by atoms with Crippen LogP contribution in [0.4, 0.5) is 0 Å². The molecular formula is C35H60O6. The number of fused-ring (bicyclic) bond motifs is 5. The topological polar surface area (TPSA) is 99.4 Å². The minimum Gasteiger partial charge on any atom is -0.394 e. The average molecular weight is 577 g/mol. The number of hydrogen-bond donors (Lipinski definition) is 4. The smallest absolute Gasteiger partial charge is 0.186 e. The monoisotopic (exact) mass is 576 g/mol. The molecular weight excluding hydrogens is 516 g/mol. The van der Waals surface area contributed by atoms with E-state index in [0.29, 0.717) is 16.7 Å². The minimum atomic E-state index is -1.41. The Balaban J connectivity index is 1.31. The predicted octanol–water partition coefficient (Wildman–Crippen LogP) is 5.85. The highest BCUT2D eigenvalue weighted by Crippen LogP contribution is 2.73. The summed E-state index contributed by atoms with van der Waals surface area (Å²) < 4.78 is 12.0. The summed E-state index contributed by atoms with van der Waals surface area (Å²) in [4.78, 5) is 0. The second kappa shape index (κ2) is 11.8. The molecule has 236 valence electrons. The first kappa shape index (κ1) is 31.9. The van der Waals surface area contributed by atoms with Crippen LogP contribution in [0.3, 0.4) is 0 Å². The van der Waals surface area contributed by atoms with Gasteiger partial charge in [-0.1, -0.05) is 79.4 Å². The molecule has 0 aromatic rings. The van der Waals surface area contributed by atoms with Crippen molar-refractivity contribution in [3.05, 3.63) is 11.6 Å². The molecule has 41 heavy (non-hydrogen) atoms. The normalized spacial score (nSPS) is 50.6. The SMILES string of the molecule is CC(C)CCCC(C)C1CCC2(C)C3CC=C4C(C)C(OC5OC(CO)C(O)C(O)C5O)CCC4(C)C3CCC12C. The Labute approximate surface area is 249 Å². The van der Waals surface area contributed by atoms with Crippen LogP contribution < -0.4 is 0 Å². The molecule has 1 heterocycles. The summed E-state index contributed by atoms with van der Waals surface area (Å²) in [7, 11) is 0. The summed E-state index contributed by atoms with van der Waals surface area (Å²) >= 11 is 0. The lowest BCUT2D eigenvalue weighted by atomic mass is 9.41. The molecule has 4 aliphatic carbocycles. The van der Waals surface area contributed by atoms with Crippen LogP contribution in [-0.4, -0.2) is 63.8 Å². The Morgan fingerprint density at radius 3 is 2.29 bits per heavy atom. The van der Waals surface area contributed by atoms with Gasteiger partial charge in [-0.3, -0.25) is 0 Å². The van der Waals surface area contributed by atoms with Crippen molar-refractivity contribution in [1.82, 2.24) is 0 Å². The standard InChI is InChI=1S/C35H60O6/c1-20(2)9-8-10-21(3)23-13-17-35(7)26-12-11-24-22(4)27(15-16-33(24,5)25(26)14-18-34(23,35)6)40-32-31(39)30(38)29(37)28(19-36)41-32/h11,20-23,25-32,36-39H,8-10,12-19H2,1-7H3. The molecule has 0 radical (unpaired) electrons. The van der Waals surface area contributed by atoms with Crippen molar-refractivity contribution in [2.75, 3.05) is 6.61 Å². The van der Waals surface area contributed by atoms with Crippen molar-refractivity contribution in [2.45, 2.75) is 149 Å². The zero-order chi connectivity index (χ0) is 29.9. The zero-order valence-corrected chi connectivity index (χ0v) is 26.9. The zero-order valence-electron chi connectivity index (χ0n) is 26.9. The molecule has 0 amide bonds. The maximum Gasteiger partial charge on any atom is 0.186 e. The van der Waals surface area contributed by atoms with E-state index in [-0.39, 0.29) is 17.4 Å². The number of ether oxygens (including phenoxy) is 2. The summed E-state index contributed by atoms with van der Waals surface area (Å²) in [6.07, 6.45) is 8.85. The third-order valence-corrected chi connectivity index (χ3v) is 13.7. The second-order valence-electron chi connectivity index (χ2n) is 16.0. The number of aliphatic hydroxyl groups excluding tert-OH is 4. The molecule has 4 fully saturated rings. The maximum absolute atomic E-state index is 10.6. The molecule has 4 N–H and O–H groups in total. The van der Waals surface area contributed by atoms with Crippen molar-refractivity contribution in [3.63, 3.8) is 0 Å². The molecule has 14 unspecified atom stereocenters. The first-order valence-electron chi connectivity index (χ1n) is 16.9. The third-order valence-electron chi connectivity index (χ3n) is 13.7. The van der Waals surface area contributed by atoms with E-state index in [1.54, 1.807) is 0 Å². The highest BCUT2D eigenvalue weighted by atomic mass is 16.7. The molecule has 5 rings (SSSR count). The van der Waals surface area contributed by atoms with Gasteiger partial charge in [0.2, 0.25) is 0 Å². The first-order chi connectivity index (χ1) is 19.3. The maximum atomic E-state index is 10.6. The second-order valence-corrected chi connectivity index (χ2v) is 16.0.